The van der Waals surface area contributed by atoms with Gasteiger partial charge in [-0.05, 0) is 110 Å². The molecule has 0 spiro atoms. The number of benzene rings is 2. The largest absolute Gasteiger partial charge is 0.507 e. The zero-order valence-electron chi connectivity index (χ0n) is 12.0. The van der Waals surface area contributed by atoms with Crippen LogP contribution in [-0.4, -0.2) is 22.2 Å². The number of rotatable bonds is 5. The first kappa shape index (κ1) is 22.0. The van der Waals surface area contributed by atoms with Gasteiger partial charge in [-0.15, -0.1) is 12.4 Å². The predicted molar refractivity (Wildman–Crippen MR) is 119 cm³/mol. The first-order chi connectivity index (χ1) is 10.8. The average molecular weight is 687 g/mol. The molecule has 0 saturated carbocycles. The second-order valence-corrected chi connectivity index (χ2v) is 8.24. The Bertz CT molecular complexity index is 734. The van der Waals surface area contributed by atoms with Crippen molar-refractivity contribution in [1.82, 2.24) is 0 Å². The van der Waals surface area contributed by atoms with Crippen molar-refractivity contribution in [1.29, 1.82) is 0 Å². The molecular formula is C15H13ClI3NO4. The third-order valence-electron chi connectivity index (χ3n) is 2.97. The fourth-order valence-electron chi connectivity index (χ4n) is 1.84. The Labute approximate surface area is 186 Å². The van der Waals surface area contributed by atoms with Crippen LogP contribution in [0.2, 0.25) is 0 Å². The van der Waals surface area contributed by atoms with Gasteiger partial charge in [-0.2, -0.15) is 0 Å². The Morgan fingerprint density at radius 2 is 1.71 bits per heavy atom. The monoisotopic (exact) mass is 687 g/mol. The van der Waals surface area contributed by atoms with E-state index in [1.165, 1.54) is 0 Å². The number of aromatic hydroxyl groups is 1. The first-order valence-corrected chi connectivity index (χ1v) is 9.64. The summed E-state index contributed by atoms with van der Waals surface area (Å²) in [5.74, 6) is 0.507. The fraction of sp³-hybridized carbons (Fsp3) is 0.133. The molecule has 0 amide bonds. The molecule has 0 radical (unpaired) electrons. The van der Waals surface area contributed by atoms with Gasteiger partial charge < -0.3 is 20.7 Å². The van der Waals surface area contributed by atoms with E-state index < -0.39 is 12.0 Å². The third-order valence-corrected chi connectivity index (χ3v) is 5.44. The van der Waals surface area contributed by atoms with Crippen molar-refractivity contribution in [3.8, 4) is 17.2 Å². The zero-order valence-corrected chi connectivity index (χ0v) is 19.3. The molecule has 0 heterocycles. The smallest absolute Gasteiger partial charge is 0.320 e. The topological polar surface area (TPSA) is 92.8 Å². The van der Waals surface area contributed by atoms with Crippen molar-refractivity contribution in [2.24, 2.45) is 5.73 Å². The van der Waals surface area contributed by atoms with Crippen molar-refractivity contribution >= 4 is 86.1 Å². The van der Waals surface area contributed by atoms with Crippen molar-refractivity contribution < 1.29 is 19.7 Å². The summed E-state index contributed by atoms with van der Waals surface area (Å²) in [7, 11) is 0. The number of carboxylic acid groups (broad SMARTS) is 1. The van der Waals surface area contributed by atoms with Crippen LogP contribution >= 0.6 is 80.2 Å². The van der Waals surface area contributed by atoms with Gasteiger partial charge >= 0.3 is 5.97 Å². The Balaban J connectivity index is 0.00000288. The minimum atomic E-state index is -1.02. The molecule has 24 heavy (non-hydrogen) atoms. The summed E-state index contributed by atoms with van der Waals surface area (Å²) in [4.78, 5) is 10.9. The van der Waals surface area contributed by atoms with Crippen molar-refractivity contribution in [2.75, 3.05) is 0 Å². The van der Waals surface area contributed by atoms with Gasteiger partial charge in [-0.25, -0.2) is 0 Å². The van der Waals surface area contributed by atoms with Gasteiger partial charge in [0.1, 0.15) is 17.5 Å². The summed E-state index contributed by atoms with van der Waals surface area (Å²) < 4.78 is 8.34. The maximum atomic E-state index is 10.9. The highest BCUT2D eigenvalue weighted by atomic mass is 127. The first-order valence-electron chi connectivity index (χ1n) is 6.40. The highest BCUT2D eigenvalue weighted by Crippen LogP contribution is 2.34. The van der Waals surface area contributed by atoms with Gasteiger partial charge in [0.15, 0.2) is 5.75 Å². The molecule has 0 unspecified atom stereocenters. The predicted octanol–water partition coefficient (Wildman–Crippen LogP) is 4.37. The highest BCUT2D eigenvalue weighted by Gasteiger charge is 2.16. The molecule has 0 fully saturated rings. The summed E-state index contributed by atoms with van der Waals surface area (Å²) in [5.41, 5.74) is 6.43. The lowest BCUT2D eigenvalue weighted by atomic mass is 10.1. The Morgan fingerprint density at radius 1 is 1.12 bits per heavy atom. The van der Waals surface area contributed by atoms with Crippen LogP contribution in [0, 0.1) is 10.7 Å². The van der Waals surface area contributed by atoms with Crippen molar-refractivity contribution in [2.45, 2.75) is 12.5 Å². The van der Waals surface area contributed by atoms with Gasteiger partial charge in [0, 0.05) is 0 Å². The Kier molecular flexibility index (Phi) is 8.79. The minimum absolute atomic E-state index is 0. The maximum absolute atomic E-state index is 10.9. The summed E-state index contributed by atoms with van der Waals surface area (Å²) in [6.45, 7) is 0. The molecule has 0 aromatic heterocycles. The maximum Gasteiger partial charge on any atom is 0.320 e. The van der Waals surface area contributed by atoms with Gasteiger partial charge in [0.25, 0.3) is 0 Å². The molecular weight excluding hydrogens is 674 g/mol. The number of ether oxygens (including phenoxy) is 1. The SMILES string of the molecule is Cl.N[C@@H](Cc1cc(I)c(Oc2ccc(O)c(I)c2)c(I)c1)C(=O)O. The molecule has 0 saturated heterocycles. The number of hydrogen-bond acceptors (Lipinski definition) is 4. The molecule has 4 N–H and O–H groups in total. The summed E-state index contributed by atoms with van der Waals surface area (Å²) >= 11 is 6.33. The number of carboxylic acids is 1. The molecule has 0 aliphatic heterocycles. The quantitative estimate of drug-likeness (QED) is 0.407. The van der Waals surface area contributed by atoms with E-state index in [-0.39, 0.29) is 24.6 Å². The minimum Gasteiger partial charge on any atom is -0.507 e. The van der Waals surface area contributed by atoms with Crippen LogP contribution in [0.5, 0.6) is 17.2 Å². The van der Waals surface area contributed by atoms with Crippen molar-refractivity contribution in [3.63, 3.8) is 0 Å². The molecule has 2 rings (SSSR count). The highest BCUT2D eigenvalue weighted by molar-refractivity contribution is 14.1. The van der Waals surface area contributed by atoms with Gasteiger partial charge in [-0.1, -0.05) is 0 Å². The van der Waals surface area contributed by atoms with E-state index >= 15 is 0 Å². The van der Waals surface area contributed by atoms with E-state index in [2.05, 4.69) is 45.2 Å². The number of phenols is 1. The number of carbonyl (C=O) groups is 1. The molecule has 0 bridgehead atoms. The van der Waals surface area contributed by atoms with Crippen LogP contribution in [-0.2, 0) is 11.2 Å². The van der Waals surface area contributed by atoms with Gasteiger partial charge in [-0.3, -0.25) is 4.79 Å². The average Bonchev–Trinajstić information content (AvgIpc) is 2.46. The molecule has 2 aromatic rings. The molecule has 130 valence electrons. The third kappa shape index (κ3) is 5.75. The number of halogens is 4. The normalized spacial score (nSPS) is 11.5. The van der Waals surface area contributed by atoms with E-state index in [9.17, 15) is 9.90 Å². The van der Waals surface area contributed by atoms with Crippen LogP contribution in [0.25, 0.3) is 0 Å². The number of nitrogens with two attached hydrogens (primary N) is 1. The van der Waals surface area contributed by atoms with Gasteiger partial charge in [0.05, 0.1) is 10.7 Å². The van der Waals surface area contributed by atoms with Crippen LogP contribution < -0.4 is 10.5 Å². The van der Waals surface area contributed by atoms with Crippen LogP contribution in [0.3, 0.4) is 0 Å². The van der Waals surface area contributed by atoms with Crippen LogP contribution in [0.1, 0.15) is 5.56 Å². The van der Waals surface area contributed by atoms with Gasteiger partial charge in [0.2, 0.25) is 0 Å². The van der Waals surface area contributed by atoms with E-state index in [1.807, 2.05) is 34.7 Å². The number of aliphatic carboxylic acids is 1. The molecule has 1 atom stereocenters. The van der Waals surface area contributed by atoms with Crippen LogP contribution in [0.4, 0.5) is 0 Å². The number of hydrogen-bond donors (Lipinski definition) is 3. The van der Waals surface area contributed by atoms with E-state index in [0.717, 1.165) is 12.7 Å². The Morgan fingerprint density at radius 3 is 2.21 bits per heavy atom. The molecule has 2 aromatic carbocycles. The second kappa shape index (κ2) is 9.59. The number of phenolic OH excluding ortho intramolecular Hbond substituents is 1. The second-order valence-electron chi connectivity index (χ2n) is 4.75. The summed E-state index contributed by atoms with van der Waals surface area (Å²) in [6.07, 6.45) is 0.263. The lowest BCUT2D eigenvalue weighted by molar-refractivity contribution is -0.138. The zero-order chi connectivity index (χ0) is 17.1. The fourth-order valence-corrected chi connectivity index (χ4v) is 4.44. The summed E-state index contributed by atoms with van der Waals surface area (Å²) in [6, 6.07) is 7.83. The molecule has 9 heteroatoms. The lowest BCUT2D eigenvalue weighted by Gasteiger charge is -2.13. The lowest BCUT2D eigenvalue weighted by Crippen LogP contribution is -2.32. The molecule has 0 aliphatic rings. The van der Waals surface area contributed by atoms with E-state index in [0.29, 0.717) is 15.1 Å². The van der Waals surface area contributed by atoms with Crippen molar-refractivity contribution in [3.05, 3.63) is 46.6 Å². The summed E-state index contributed by atoms with van der Waals surface area (Å²) in [5, 5.41) is 18.5. The standard InChI is InChI=1S/C15H12I3NO4.ClH/c16-9-6-8(1-2-13(9)20)23-14-10(17)3-7(4-11(14)18)5-12(19)15(21)22;/h1-4,6,12,20H,5,19H2,(H,21,22);1H/t12-;/m0./s1. The Hall–Kier alpha value is -0.0500. The van der Waals surface area contributed by atoms with Crippen LogP contribution in [0.15, 0.2) is 30.3 Å². The van der Waals surface area contributed by atoms with E-state index in [1.54, 1.807) is 18.2 Å². The molecule has 0 aliphatic carbocycles. The molecule has 5 nitrogen and oxygen atoms in total. The van der Waals surface area contributed by atoms with E-state index in [4.69, 9.17) is 15.6 Å².